The van der Waals surface area contributed by atoms with Gasteiger partial charge in [0.15, 0.2) is 5.82 Å². The fourth-order valence-electron chi connectivity index (χ4n) is 2.27. The Morgan fingerprint density at radius 1 is 1.24 bits per heavy atom. The highest BCUT2D eigenvalue weighted by atomic mass is 35.5. The minimum absolute atomic E-state index is 0.00974. The van der Waals surface area contributed by atoms with Gasteiger partial charge in [-0.2, -0.15) is 4.37 Å². The van der Waals surface area contributed by atoms with Crippen molar-refractivity contribution in [1.29, 1.82) is 0 Å². The van der Waals surface area contributed by atoms with E-state index in [0.29, 0.717) is 5.56 Å². The molecule has 112 valence electrons. The maximum atomic E-state index is 13.9. The Bertz CT molecular complexity index is 792. The van der Waals surface area contributed by atoms with E-state index in [1.165, 1.54) is 24.3 Å². The van der Waals surface area contributed by atoms with Crippen molar-refractivity contribution >= 4 is 33.2 Å². The second-order valence-corrected chi connectivity index (χ2v) is 7.54. The largest absolute Gasteiger partial charge is 0.266 e. The smallest absolute Gasteiger partial charge is 0.225 e. The van der Waals surface area contributed by atoms with Crippen LogP contribution in [0.1, 0.15) is 23.2 Å². The molecular formula is C11H8ClF2N3O2S2. The SMILES string of the molecule is NS(=O)(=O)c1ccc([C@@H]2[C@@H](c3nsc(Cl)n3)C2(F)F)cc1. The van der Waals surface area contributed by atoms with E-state index in [-0.39, 0.29) is 15.2 Å². The summed E-state index contributed by atoms with van der Waals surface area (Å²) in [5, 5.41) is 4.96. The van der Waals surface area contributed by atoms with Gasteiger partial charge in [-0.25, -0.2) is 27.3 Å². The van der Waals surface area contributed by atoms with Gasteiger partial charge in [0.25, 0.3) is 5.92 Å². The first kappa shape index (κ1) is 14.8. The molecule has 0 aliphatic heterocycles. The minimum atomic E-state index is -3.84. The molecule has 21 heavy (non-hydrogen) atoms. The summed E-state index contributed by atoms with van der Waals surface area (Å²) in [5.41, 5.74) is 0.309. The molecule has 2 atom stereocenters. The first-order chi connectivity index (χ1) is 9.71. The summed E-state index contributed by atoms with van der Waals surface area (Å²) in [6.45, 7) is 0. The van der Waals surface area contributed by atoms with Crippen LogP contribution in [0, 0.1) is 0 Å². The van der Waals surface area contributed by atoms with Crippen LogP contribution in [0.25, 0.3) is 0 Å². The normalized spacial score (nSPS) is 24.0. The van der Waals surface area contributed by atoms with Crippen LogP contribution in [-0.2, 0) is 10.0 Å². The van der Waals surface area contributed by atoms with Crippen molar-refractivity contribution in [3.63, 3.8) is 0 Å². The third-order valence-electron chi connectivity index (χ3n) is 3.32. The molecule has 1 aromatic carbocycles. The molecule has 0 unspecified atom stereocenters. The zero-order valence-electron chi connectivity index (χ0n) is 10.2. The molecule has 3 rings (SSSR count). The van der Waals surface area contributed by atoms with Crippen LogP contribution < -0.4 is 5.14 Å². The molecule has 10 heteroatoms. The van der Waals surface area contributed by atoms with Gasteiger partial charge in [0.05, 0.1) is 16.7 Å². The molecule has 0 spiro atoms. The summed E-state index contributed by atoms with van der Waals surface area (Å²) in [4.78, 5) is 3.65. The number of nitrogens with two attached hydrogens (primary N) is 1. The molecule has 1 aliphatic carbocycles. The number of halogens is 3. The van der Waals surface area contributed by atoms with Gasteiger partial charge in [0.1, 0.15) is 0 Å². The van der Waals surface area contributed by atoms with E-state index in [1.807, 2.05) is 0 Å². The topological polar surface area (TPSA) is 85.9 Å². The number of hydrogen-bond acceptors (Lipinski definition) is 5. The number of benzene rings is 1. The van der Waals surface area contributed by atoms with Gasteiger partial charge in [-0.15, -0.1) is 0 Å². The highest BCUT2D eigenvalue weighted by Crippen LogP contribution is 2.66. The third kappa shape index (κ3) is 2.54. The summed E-state index contributed by atoms with van der Waals surface area (Å²) >= 11 is 6.46. The van der Waals surface area contributed by atoms with Gasteiger partial charge in [-0.3, -0.25) is 0 Å². The van der Waals surface area contributed by atoms with E-state index in [1.54, 1.807) is 0 Å². The first-order valence-corrected chi connectivity index (χ1v) is 8.40. The highest BCUT2D eigenvalue weighted by Gasteiger charge is 2.71. The Balaban J connectivity index is 1.91. The summed E-state index contributed by atoms with van der Waals surface area (Å²) in [7, 11) is -3.84. The summed E-state index contributed by atoms with van der Waals surface area (Å²) in [5.74, 6) is -5.19. The van der Waals surface area contributed by atoms with Crippen LogP contribution in [0.2, 0.25) is 4.47 Å². The van der Waals surface area contributed by atoms with E-state index >= 15 is 0 Å². The summed E-state index contributed by atoms with van der Waals surface area (Å²) in [6.07, 6.45) is 0. The Labute approximate surface area is 128 Å². The number of aromatic nitrogens is 2. The van der Waals surface area contributed by atoms with Gasteiger partial charge in [0.2, 0.25) is 14.5 Å². The van der Waals surface area contributed by atoms with Crippen molar-refractivity contribution in [2.24, 2.45) is 5.14 Å². The second kappa shape index (κ2) is 4.67. The van der Waals surface area contributed by atoms with Gasteiger partial charge in [0, 0.05) is 0 Å². The van der Waals surface area contributed by atoms with E-state index in [0.717, 1.165) is 11.5 Å². The number of alkyl halides is 2. The van der Waals surface area contributed by atoms with E-state index < -0.39 is 27.8 Å². The van der Waals surface area contributed by atoms with Gasteiger partial charge in [-0.1, -0.05) is 12.1 Å². The lowest BCUT2D eigenvalue weighted by Gasteiger charge is -2.01. The van der Waals surface area contributed by atoms with Crippen LogP contribution >= 0.6 is 23.1 Å². The number of primary sulfonamides is 1. The highest BCUT2D eigenvalue weighted by molar-refractivity contribution is 7.89. The van der Waals surface area contributed by atoms with Gasteiger partial charge in [-0.05, 0) is 40.8 Å². The van der Waals surface area contributed by atoms with Crippen molar-refractivity contribution < 1.29 is 17.2 Å². The Morgan fingerprint density at radius 2 is 1.86 bits per heavy atom. The lowest BCUT2D eigenvalue weighted by molar-refractivity contribution is 0.104. The molecule has 1 saturated carbocycles. The quantitative estimate of drug-likeness (QED) is 0.919. The predicted molar refractivity (Wildman–Crippen MR) is 73.2 cm³/mol. The van der Waals surface area contributed by atoms with Crippen LogP contribution in [0.4, 0.5) is 8.78 Å². The molecule has 1 fully saturated rings. The summed E-state index contributed by atoms with van der Waals surface area (Å²) in [6, 6.07) is 5.06. The fourth-order valence-corrected chi connectivity index (χ4v) is 3.43. The number of hydrogen-bond donors (Lipinski definition) is 1. The number of sulfonamides is 1. The van der Waals surface area contributed by atoms with Crippen molar-refractivity contribution in [2.75, 3.05) is 0 Å². The zero-order valence-corrected chi connectivity index (χ0v) is 12.6. The zero-order chi connectivity index (χ0) is 15.4. The molecule has 0 saturated heterocycles. The molecular weight excluding hydrogens is 344 g/mol. The van der Waals surface area contributed by atoms with E-state index in [9.17, 15) is 17.2 Å². The third-order valence-corrected chi connectivity index (χ3v) is 5.06. The second-order valence-electron chi connectivity index (χ2n) is 4.65. The Morgan fingerprint density at radius 3 is 2.33 bits per heavy atom. The number of rotatable bonds is 3. The average Bonchev–Trinajstić information content (AvgIpc) is 2.73. The van der Waals surface area contributed by atoms with E-state index in [2.05, 4.69) is 9.36 Å². The van der Waals surface area contributed by atoms with Gasteiger partial charge < -0.3 is 0 Å². The molecule has 0 bridgehead atoms. The minimum Gasteiger partial charge on any atom is -0.225 e. The van der Waals surface area contributed by atoms with Crippen LogP contribution in [0.3, 0.4) is 0 Å². The lowest BCUT2D eigenvalue weighted by atomic mass is 10.1. The molecule has 5 nitrogen and oxygen atoms in total. The number of nitrogens with zero attached hydrogens (tertiary/aromatic N) is 2. The van der Waals surface area contributed by atoms with Crippen molar-refractivity contribution in [3.8, 4) is 0 Å². The van der Waals surface area contributed by atoms with Crippen LogP contribution in [-0.4, -0.2) is 23.7 Å². The van der Waals surface area contributed by atoms with Crippen molar-refractivity contribution in [1.82, 2.24) is 9.36 Å². The molecule has 1 aromatic heterocycles. The Kier molecular flexibility index (Phi) is 3.28. The van der Waals surface area contributed by atoms with E-state index in [4.69, 9.17) is 16.7 Å². The Hall–Kier alpha value is -1.16. The standard InChI is InChI=1S/C11H8ClF2N3O2S2/c12-10-16-9(17-20-10)8-7(11(8,13)14)5-1-3-6(4-2-5)21(15,18)19/h1-4,7-8H,(H2,15,18,19)/t7-,8+/m1/s1. The molecule has 1 aliphatic rings. The van der Waals surface area contributed by atoms with Crippen molar-refractivity contribution in [3.05, 3.63) is 40.1 Å². The lowest BCUT2D eigenvalue weighted by Crippen LogP contribution is -2.11. The maximum absolute atomic E-state index is 13.9. The monoisotopic (exact) mass is 351 g/mol. The molecule has 2 N–H and O–H groups in total. The first-order valence-electron chi connectivity index (χ1n) is 5.71. The van der Waals surface area contributed by atoms with Crippen molar-refractivity contribution in [2.45, 2.75) is 22.7 Å². The van der Waals surface area contributed by atoms with Gasteiger partial charge >= 0.3 is 0 Å². The predicted octanol–water partition coefficient (Wildman–Crippen LogP) is 2.36. The molecule has 0 amide bonds. The molecule has 0 radical (unpaired) electrons. The summed E-state index contributed by atoms with van der Waals surface area (Å²) < 4.78 is 54.0. The van der Waals surface area contributed by atoms with Crippen LogP contribution in [0.15, 0.2) is 29.2 Å². The molecule has 1 heterocycles. The maximum Gasteiger partial charge on any atom is 0.266 e. The average molecular weight is 352 g/mol. The molecule has 2 aromatic rings. The fraction of sp³-hybridized carbons (Fsp3) is 0.273. The van der Waals surface area contributed by atoms with Crippen LogP contribution in [0.5, 0.6) is 0 Å².